The summed E-state index contributed by atoms with van der Waals surface area (Å²) in [6.07, 6.45) is 3.27. The van der Waals surface area contributed by atoms with E-state index < -0.39 is 46.6 Å². The lowest BCUT2D eigenvalue weighted by molar-refractivity contribution is 0.192. The third-order valence-corrected chi connectivity index (χ3v) is 7.60. The average molecular weight is 535 g/mol. The van der Waals surface area contributed by atoms with E-state index in [0.717, 1.165) is 12.5 Å². The van der Waals surface area contributed by atoms with E-state index in [0.29, 0.717) is 43.2 Å². The van der Waals surface area contributed by atoms with Crippen LogP contribution in [0.5, 0.6) is 5.75 Å². The van der Waals surface area contributed by atoms with Crippen LogP contribution in [0, 0.1) is 40.8 Å². The topological polar surface area (TPSA) is 21.8 Å². The van der Waals surface area contributed by atoms with Gasteiger partial charge in [0.2, 0.25) is 5.82 Å². The highest BCUT2D eigenvalue weighted by molar-refractivity contribution is 5.66. The van der Waals surface area contributed by atoms with Crippen molar-refractivity contribution < 1.29 is 35.8 Å². The van der Waals surface area contributed by atoms with Crippen molar-refractivity contribution in [1.29, 1.82) is 0 Å². The third kappa shape index (κ3) is 5.15. The van der Waals surface area contributed by atoms with Crippen LogP contribution in [0.3, 0.4) is 0 Å². The monoisotopic (exact) mass is 534 g/mol. The number of benzene rings is 3. The van der Waals surface area contributed by atoms with Crippen molar-refractivity contribution in [3.63, 3.8) is 0 Å². The quantitative estimate of drug-likeness (QED) is 0.213. The Bertz CT molecular complexity index is 1330. The fourth-order valence-corrected chi connectivity index (χ4v) is 5.33. The average Bonchev–Trinajstić information content (AvgIpc) is 3.76. The Morgan fingerprint density at radius 3 is 1.97 bits per heavy atom. The van der Waals surface area contributed by atoms with E-state index in [1.807, 2.05) is 6.92 Å². The molecule has 5 rings (SSSR count). The maximum atomic E-state index is 14.8. The van der Waals surface area contributed by atoms with Crippen LogP contribution >= 0.6 is 0 Å². The summed E-state index contributed by atoms with van der Waals surface area (Å²) in [6, 6.07) is 8.21. The normalized spacial score (nSPS) is 21.0. The molecular weight excluding hydrogens is 506 g/mol. The highest BCUT2D eigenvalue weighted by Gasteiger charge is 2.31. The lowest BCUT2D eigenvalue weighted by Crippen LogP contribution is -2.20. The van der Waals surface area contributed by atoms with E-state index in [4.69, 9.17) is 9.47 Å². The maximum Gasteiger partial charge on any atom is 0.201 e. The molecule has 2 aliphatic rings. The van der Waals surface area contributed by atoms with Crippen LogP contribution in [0.25, 0.3) is 11.1 Å². The molecule has 1 saturated heterocycles. The first-order chi connectivity index (χ1) is 18.3. The molecule has 3 aromatic rings. The molecule has 1 heterocycles. The molecule has 1 aliphatic heterocycles. The van der Waals surface area contributed by atoms with Gasteiger partial charge in [-0.1, -0.05) is 37.6 Å². The minimum absolute atomic E-state index is 0.0318. The standard InChI is InChI=1S/C30H28F6O2/c1-2-3-18-8-9-19(26(32)25(18)31)17-6-4-16(5-7-17)14-37-23-13-12-21(28(34)30(23)36)20-10-11-22(24-15-38-24)29(35)27(20)33/h8-13,16-17,24H,2-7,14-15H2,1H3. The van der Waals surface area contributed by atoms with Crippen LogP contribution in [-0.4, -0.2) is 13.2 Å². The number of epoxide rings is 1. The molecule has 1 unspecified atom stereocenters. The zero-order chi connectivity index (χ0) is 27.0. The van der Waals surface area contributed by atoms with Gasteiger partial charge in [-0.25, -0.2) is 22.0 Å². The molecule has 1 aliphatic carbocycles. The summed E-state index contributed by atoms with van der Waals surface area (Å²) in [7, 11) is 0. The summed E-state index contributed by atoms with van der Waals surface area (Å²) < 4.78 is 98.2. The first-order valence-electron chi connectivity index (χ1n) is 13.0. The van der Waals surface area contributed by atoms with Gasteiger partial charge in [0.15, 0.2) is 34.8 Å². The van der Waals surface area contributed by atoms with Crippen LogP contribution in [0.4, 0.5) is 26.3 Å². The predicted octanol–water partition coefficient (Wildman–Crippen LogP) is 8.56. The van der Waals surface area contributed by atoms with Crippen LogP contribution in [0.2, 0.25) is 0 Å². The van der Waals surface area contributed by atoms with Crippen molar-refractivity contribution in [2.45, 2.75) is 57.5 Å². The van der Waals surface area contributed by atoms with Gasteiger partial charge in [-0.3, -0.25) is 0 Å². The molecule has 0 N–H and O–H groups in total. The van der Waals surface area contributed by atoms with Gasteiger partial charge in [-0.05, 0) is 67.2 Å². The number of hydrogen-bond donors (Lipinski definition) is 0. The van der Waals surface area contributed by atoms with Gasteiger partial charge >= 0.3 is 0 Å². The zero-order valence-electron chi connectivity index (χ0n) is 20.9. The van der Waals surface area contributed by atoms with Crippen molar-refractivity contribution in [3.8, 4) is 16.9 Å². The molecule has 8 heteroatoms. The number of aryl methyl sites for hydroxylation is 1. The third-order valence-electron chi connectivity index (χ3n) is 7.60. The van der Waals surface area contributed by atoms with Gasteiger partial charge in [0.1, 0.15) is 6.10 Å². The first-order valence-corrected chi connectivity index (χ1v) is 13.0. The van der Waals surface area contributed by atoms with Gasteiger partial charge in [0.05, 0.1) is 13.2 Å². The number of halogens is 6. The van der Waals surface area contributed by atoms with Gasteiger partial charge in [-0.15, -0.1) is 0 Å². The van der Waals surface area contributed by atoms with Gasteiger partial charge in [0, 0.05) is 16.7 Å². The Labute approximate surface area is 217 Å². The molecule has 0 amide bonds. The molecule has 2 fully saturated rings. The Morgan fingerprint density at radius 1 is 0.711 bits per heavy atom. The maximum absolute atomic E-state index is 14.8. The Kier molecular flexibility index (Phi) is 7.70. The molecule has 0 radical (unpaired) electrons. The van der Waals surface area contributed by atoms with Gasteiger partial charge in [0.25, 0.3) is 0 Å². The number of hydrogen-bond acceptors (Lipinski definition) is 2. The molecular formula is C30H28F6O2. The van der Waals surface area contributed by atoms with Crippen molar-refractivity contribution >= 4 is 0 Å². The Balaban J connectivity index is 1.22. The van der Waals surface area contributed by atoms with Crippen LogP contribution in [0.15, 0.2) is 36.4 Å². The Morgan fingerprint density at radius 2 is 1.32 bits per heavy atom. The summed E-state index contributed by atoms with van der Waals surface area (Å²) >= 11 is 0. The van der Waals surface area contributed by atoms with Gasteiger partial charge in [-0.2, -0.15) is 4.39 Å². The summed E-state index contributed by atoms with van der Waals surface area (Å²) in [5.74, 6) is -6.97. The zero-order valence-corrected chi connectivity index (χ0v) is 20.9. The van der Waals surface area contributed by atoms with E-state index in [1.54, 1.807) is 12.1 Å². The summed E-state index contributed by atoms with van der Waals surface area (Å²) in [5, 5.41) is 0. The molecule has 0 bridgehead atoms. The molecule has 1 saturated carbocycles. The largest absolute Gasteiger partial charge is 0.490 e. The molecule has 2 nitrogen and oxygen atoms in total. The second-order valence-corrected chi connectivity index (χ2v) is 10.1. The first kappa shape index (κ1) is 26.6. The molecule has 1 atom stereocenters. The number of ether oxygens (including phenoxy) is 2. The smallest absolute Gasteiger partial charge is 0.201 e. The second kappa shape index (κ2) is 11.0. The second-order valence-electron chi connectivity index (χ2n) is 10.1. The number of rotatable bonds is 8. The highest BCUT2D eigenvalue weighted by Crippen LogP contribution is 2.40. The van der Waals surface area contributed by atoms with Crippen molar-refractivity contribution in [3.05, 3.63) is 88.0 Å². The summed E-state index contributed by atoms with van der Waals surface area (Å²) in [6.45, 7) is 2.31. The van der Waals surface area contributed by atoms with E-state index in [9.17, 15) is 26.3 Å². The van der Waals surface area contributed by atoms with Crippen molar-refractivity contribution in [1.82, 2.24) is 0 Å². The predicted molar refractivity (Wildman–Crippen MR) is 131 cm³/mol. The molecule has 0 spiro atoms. The molecule has 0 aromatic heterocycles. The minimum atomic E-state index is -1.33. The van der Waals surface area contributed by atoms with Crippen molar-refractivity contribution in [2.75, 3.05) is 13.2 Å². The van der Waals surface area contributed by atoms with E-state index in [2.05, 4.69) is 0 Å². The lowest BCUT2D eigenvalue weighted by atomic mass is 9.78. The minimum Gasteiger partial charge on any atom is -0.490 e. The Hall–Kier alpha value is -3.00. The molecule has 38 heavy (non-hydrogen) atoms. The van der Waals surface area contributed by atoms with Gasteiger partial charge < -0.3 is 9.47 Å². The molecule has 3 aromatic carbocycles. The van der Waals surface area contributed by atoms with E-state index in [1.165, 1.54) is 18.2 Å². The fraction of sp³-hybridized carbons (Fsp3) is 0.400. The van der Waals surface area contributed by atoms with Crippen LogP contribution in [0.1, 0.15) is 67.7 Å². The van der Waals surface area contributed by atoms with Crippen molar-refractivity contribution in [2.24, 2.45) is 5.92 Å². The SMILES string of the molecule is CCCc1ccc(C2CCC(COc3ccc(-c4ccc(C5CO5)c(F)c4F)c(F)c3F)CC2)c(F)c1F. The molecule has 202 valence electrons. The summed E-state index contributed by atoms with van der Waals surface area (Å²) in [5.41, 5.74) is 0.0117. The fourth-order valence-electron chi connectivity index (χ4n) is 5.33. The summed E-state index contributed by atoms with van der Waals surface area (Å²) in [4.78, 5) is 0. The van der Waals surface area contributed by atoms with E-state index >= 15 is 0 Å². The lowest BCUT2D eigenvalue weighted by Gasteiger charge is -2.29. The van der Waals surface area contributed by atoms with Crippen LogP contribution < -0.4 is 4.74 Å². The van der Waals surface area contributed by atoms with Crippen LogP contribution in [-0.2, 0) is 11.2 Å². The van der Waals surface area contributed by atoms with E-state index in [-0.39, 0.29) is 41.9 Å². The highest BCUT2D eigenvalue weighted by atomic mass is 19.2.